The number of amides is 1. The molecule has 1 N–H and O–H groups in total. The molecule has 0 unspecified atom stereocenters. The summed E-state index contributed by atoms with van der Waals surface area (Å²) in [4.78, 5) is 10.9. The Balaban J connectivity index is 2.80. The van der Waals surface area contributed by atoms with Gasteiger partial charge in [-0.05, 0) is 19.1 Å². The molecule has 0 radical (unpaired) electrons. The maximum absolute atomic E-state index is 12.9. The Labute approximate surface area is 79.7 Å². The van der Waals surface area contributed by atoms with E-state index in [1.165, 1.54) is 6.07 Å². The second-order valence-electron chi connectivity index (χ2n) is 2.44. The van der Waals surface area contributed by atoms with E-state index >= 15 is 0 Å². The van der Waals surface area contributed by atoms with Gasteiger partial charge in [0.1, 0.15) is 17.3 Å². The lowest BCUT2D eigenvalue weighted by molar-refractivity contribution is 0.167. The Kier molecular flexibility index (Phi) is 3.39. The molecule has 0 fully saturated rings. The lowest BCUT2D eigenvalue weighted by Crippen LogP contribution is -2.15. The highest BCUT2D eigenvalue weighted by Gasteiger charge is 2.11. The molecular weight excluding hydrogens is 192 g/mol. The molecule has 0 aliphatic heterocycles. The van der Waals surface area contributed by atoms with Gasteiger partial charge in [-0.1, -0.05) is 6.07 Å². The molecule has 14 heavy (non-hydrogen) atoms. The van der Waals surface area contributed by atoms with Crippen LogP contribution in [0.2, 0.25) is 0 Å². The average molecular weight is 201 g/mol. The zero-order valence-electron chi connectivity index (χ0n) is 7.51. The van der Waals surface area contributed by atoms with Crippen molar-refractivity contribution in [2.75, 3.05) is 11.9 Å². The summed E-state index contributed by atoms with van der Waals surface area (Å²) in [7, 11) is 0. The van der Waals surface area contributed by atoms with Crippen molar-refractivity contribution >= 4 is 11.8 Å². The molecule has 0 aliphatic rings. The fourth-order valence-corrected chi connectivity index (χ4v) is 0.886. The first-order chi connectivity index (χ1) is 6.65. The van der Waals surface area contributed by atoms with Crippen LogP contribution in [0.25, 0.3) is 0 Å². The van der Waals surface area contributed by atoms with E-state index in [9.17, 15) is 13.6 Å². The van der Waals surface area contributed by atoms with Crippen molar-refractivity contribution in [1.82, 2.24) is 0 Å². The minimum Gasteiger partial charge on any atom is -0.450 e. The molecule has 0 spiro atoms. The van der Waals surface area contributed by atoms with Gasteiger partial charge in [0.2, 0.25) is 0 Å². The summed E-state index contributed by atoms with van der Waals surface area (Å²) < 4.78 is 30.4. The molecule has 0 atom stereocenters. The maximum Gasteiger partial charge on any atom is 0.411 e. The predicted octanol–water partition coefficient (Wildman–Crippen LogP) is 2.53. The minimum absolute atomic E-state index is 0.141. The zero-order chi connectivity index (χ0) is 10.6. The number of hydrogen-bond donors (Lipinski definition) is 1. The van der Waals surface area contributed by atoms with Gasteiger partial charge in [-0.15, -0.1) is 0 Å². The Bertz CT molecular complexity index is 321. The van der Waals surface area contributed by atoms with Crippen LogP contribution in [0.1, 0.15) is 6.92 Å². The number of anilines is 1. The molecule has 0 bridgehead atoms. The SMILES string of the molecule is CCOC(=O)Nc1c(F)cccc1F. The van der Waals surface area contributed by atoms with Crippen molar-refractivity contribution in [2.24, 2.45) is 0 Å². The van der Waals surface area contributed by atoms with Gasteiger partial charge < -0.3 is 4.74 Å². The monoisotopic (exact) mass is 201 g/mol. The van der Waals surface area contributed by atoms with E-state index < -0.39 is 23.4 Å². The fourth-order valence-electron chi connectivity index (χ4n) is 0.886. The van der Waals surface area contributed by atoms with Gasteiger partial charge in [0.15, 0.2) is 0 Å². The van der Waals surface area contributed by atoms with Crippen LogP contribution < -0.4 is 5.32 Å². The van der Waals surface area contributed by atoms with E-state index in [1.54, 1.807) is 6.92 Å². The van der Waals surface area contributed by atoms with Gasteiger partial charge >= 0.3 is 6.09 Å². The average Bonchev–Trinajstić information content (AvgIpc) is 2.12. The van der Waals surface area contributed by atoms with Gasteiger partial charge in [-0.3, -0.25) is 5.32 Å². The minimum atomic E-state index is -0.878. The van der Waals surface area contributed by atoms with Gasteiger partial charge in [0, 0.05) is 0 Å². The van der Waals surface area contributed by atoms with Crippen LogP contribution in [0.15, 0.2) is 18.2 Å². The second-order valence-corrected chi connectivity index (χ2v) is 2.44. The summed E-state index contributed by atoms with van der Waals surface area (Å²) >= 11 is 0. The number of nitrogens with one attached hydrogen (secondary N) is 1. The van der Waals surface area contributed by atoms with Gasteiger partial charge in [-0.2, -0.15) is 0 Å². The summed E-state index contributed by atoms with van der Waals surface area (Å²) in [6.45, 7) is 1.74. The molecule has 0 aromatic heterocycles. The highest BCUT2D eigenvalue weighted by Crippen LogP contribution is 2.17. The molecule has 0 saturated carbocycles. The molecule has 5 heteroatoms. The van der Waals surface area contributed by atoms with Crippen LogP contribution in [0.4, 0.5) is 19.3 Å². The van der Waals surface area contributed by atoms with Crippen LogP contribution in [-0.4, -0.2) is 12.7 Å². The van der Waals surface area contributed by atoms with Crippen molar-refractivity contribution in [2.45, 2.75) is 6.92 Å². The number of halogens is 2. The Morgan fingerprint density at radius 3 is 2.50 bits per heavy atom. The maximum atomic E-state index is 12.9. The van der Waals surface area contributed by atoms with Crippen molar-refractivity contribution in [3.63, 3.8) is 0 Å². The molecule has 1 aromatic rings. The summed E-state index contributed by atoms with van der Waals surface area (Å²) in [5.41, 5.74) is -0.494. The van der Waals surface area contributed by atoms with E-state index in [0.717, 1.165) is 12.1 Å². The summed E-state index contributed by atoms with van der Waals surface area (Å²) in [5, 5.41) is 1.97. The van der Waals surface area contributed by atoms with Crippen molar-refractivity contribution < 1.29 is 18.3 Å². The third kappa shape index (κ3) is 2.42. The van der Waals surface area contributed by atoms with Gasteiger partial charge in [0.25, 0.3) is 0 Å². The number of para-hydroxylation sites is 1. The van der Waals surface area contributed by atoms with E-state index in [1.807, 2.05) is 5.32 Å². The van der Waals surface area contributed by atoms with E-state index in [0.29, 0.717) is 0 Å². The lowest BCUT2D eigenvalue weighted by atomic mass is 10.3. The molecule has 1 aromatic carbocycles. The normalized spacial score (nSPS) is 9.64. The molecule has 1 rings (SSSR count). The first-order valence-electron chi connectivity index (χ1n) is 4.03. The van der Waals surface area contributed by atoms with Crippen molar-refractivity contribution in [3.8, 4) is 0 Å². The number of carbonyl (C=O) groups is 1. The number of ether oxygens (including phenoxy) is 1. The van der Waals surface area contributed by atoms with E-state index in [2.05, 4.69) is 4.74 Å². The largest absolute Gasteiger partial charge is 0.450 e. The van der Waals surface area contributed by atoms with Crippen molar-refractivity contribution in [3.05, 3.63) is 29.8 Å². The molecule has 0 saturated heterocycles. The standard InChI is InChI=1S/C9H9F2NO2/c1-2-14-9(13)12-8-6(10)4-3-5-7(8)11/h3-5H,2H2,1H3,(H,12,13). The Morgan fingerprint density at radius 2 is 2.00 bits per heavy atom. The highest BCUT2D eigenvalue weighted by atomic mass is 19.1. The second kappa shape index (κ2) is 4.55. The first-order valence-corrected chi connectivity index (χ1v) is 4.03. The van der Waals surface area contributed by atoms with Crippen LogP contribution in [0, 0.1) is 11.6 Å². The molecule has 0 aliphatic carbocycles. The lowest BCUT2D eigenvalue weighted by Gasteiger charge is -2.06. The van der Waals surface area contributed by atoms with Crippen molar-refractivity contribution in [1.29, 1.82) is 0 Å². The van der Waals surface area contributed by atoms with Gasteiger partial charge in [-0.25, -0.2) is 13.6 Å². The summed E-state index contributed by atoms with van der Waals surface area (Å²) in [6, 6.07) is 3.30. The zero-order valence-corrected chi connectivity index (χ0v) is 7.51. The molecule has 3 nitrogen and oxygen atoms in total. The molecule has 76 valence electrons. The predicted molar refractivity (Wildman–Crippen MR) is 47.0 cm³/mol. The van der Waals surface area contributed by atoms with E-state index in [4.69, 9.17) is 0 Å². The van der Waals surface area contributed by atoms with Crippen LogP contribution in [0.3, 0.4) is 0 Å². The highest BCUT2D eigenvalue weighted by molar-refractivity contribution is 5.84. The van der Waals surface area contributed by atoms with E-state index in [-0.39, 0.29) is 6.61 Å². The number of benzene rings is 1. The quantitative estimate of drug-likeness (QED) is 0.798. The summed E-state index contributed by atoms with van der Waals surface area (Å²) in [6.07, 6.45) is -0.878. The summed E-state index contributed by atoms with van der Waals surface area (Å²) in [5.74, 6) is -1.67. The molecule has 0 heterocycles. The molecule has 1 amide bonds. The van der Waals surface area contributed by atoms with Crippen LogP contribution in [0.5, 0.6) is 0 Å². The molecular formula is C9H9F2NO2. The smallest absolute Gasteiger partial charge is 0.411 e. The van der Waals surface area contributed by atoms with Crippen LogP contribution in [-0.2, 0) is 4.74 Å². The number of hydrogen-bond acceptors (Lipinski definition) is 2. The third-order valence-electron chi connectivity index (χ3n) is 1.47. The first kappa shape index (κ1) is 10.4. The topological polar surface area (TPSA) is 38.3 Å². The van der Waals surface area contributed by atoms with Crippen LogP contribution >= 0.6 is 0 Å². The Hall–Kier alpha value is -1.65. The number of rotatable bonds is 2. The van der Waals surface area contributed by atoms with Gasteiger partial charge in [0.05, 0.1) is 6.61 Å². The number of carbonyl (C=O) groups excluding carboxylic acids is 1. The fraction of sp³-hybridized carbons (Fsp3) is 0.222. The Morgan fingerprint density at radius 1 is 1.43 bits per heavy atom. The third-order valence-corrected chi connectivity index (χ3v) is 1.47.